The molecule has 0 heterocycles. The zero-order valence-corrected chi connectivity index (χ0v) is 11.3. The minimum absolute atomic E-state index is 0.0627. The molecule has 0 aliphatic heterocycles. The van der Waals surface area contributed by atoms with Crippen LogP contribution in [0.25, 0.3) is 0 Å². The second-order valence-corrected chi connectivity index (χ2v) is 6.26. The predicted octanol–water partition coefficient (Wildman–Crippen LogP) is 0.923. The summed E-state index contributed by atoms with van der Waals surface area (Å²) in [5.41, 5.74) is 5.34. The summed E-state index contributed by atoms with van der Waals surface area (Å²) in [5, 5.41) is 3.00. The molecular weight excluding hydrogens is 236 g/mol. The molecule has 0 bridgehead atoms. The molecule has 17 heavy (non-hydrogen) atoms. The Hall–Kier alpha value is -0.420. The van der Waals surface area contributed by atoms with Gasteiger partial charge in [-0.3, -0.25) is 9.00 Å². The van der Waals surface area contributed by atoms with Crippen LogP contribution in [-0.2, 0) is 15.6 Å². The first-order chi connectivity index (χ1) is 8.22. The number of amides is 1. The lowest BCUT2D eigenvalue weighted by Gasteiger charge is -2.15. The van der Waals surface area contributed by atoms with Crippen LogP contribution < -0.4 is 11.1 Å². The van der Waals surface area contributed by atoms with Crippen LogP contribution in [0, 0.1) is 0 Å². The molecular formula is C12H24N2O2S. The average Bonchev–Trinajstić information content (AvgIpc) is 2.54. The highest BCUT2D eigenvalue weighted by Crippen LogP contribution is 2.17. The molecule has 3 N–H and O–H groups in total. The fourth-order valence-electron chi connectivity index (χ4n) is 2.16. The summed E-state index contributed by atoms with van der Waals surface area (Å²) in [6, 6.07) is 0.302. The summed E-state index contributed by atoms with van der Waals surface area (Å²) >= 11 is 0. The highest BCUT2D eigenvalue weighted by Gasteiger charge is 2.15. The molecule has 0 aromatic carbocycles. The summed E-state index contributed by atoms with van der Waals surface area (Å²) in [6.45, 7) is 0.538. The van der Waals surface area contributed by atoms with Gasteiger partial charge in [0.05, 0.1) is 0 Å². The summed E-state index contributed by atoms with van der Waals surface area (Å²) < 4.78 is 11.5. The number of hydrogen-bond acceptors (Lipinski definition) is 3. The smallest absolute Gasteiger partial charge is 0.232 e. The number of carbonyl (C=O) groups excluding carboxylic acids is 1. The van der Waals surface area contributed by atoms with Gasteiger partial charge in [-0.1, -0.05) is 25.7 Å². The first kappa shape index (κ1) is 14.6. The van der Waals surface area contributed by atoms with Crippen LogP contribution in [0.4, 0.5) is 0 Å². The van der Waals surface area contributed by atoms with E-state index in [0.29, 0.717) is 18.3 Å². The molecule has 1 aliphatic carbocycles. The SMILES string of the molecule is NCCCS(=O)CC(=O)NC1CCCCCC1. The van der Waals surface area contributed by atoms with Crippen molar-refractivity contribution in [1.29, 1.82) is 0 Å². The Kier molecular flexibility index (Phi) is 7.44. The second kappa shape index (κ2) is 8.64. The van der Waals surface area contributed by atoms with E-state index in [0.717, 1.165) is 19.3 Å². The Balaban J connectivity index is 2.20. The Labute approximate surface area is 106 Å². The van der Waals surface area contributed by atoms with Crippen LogP contribution in [0.2, 0.25) is 0 Å². The number of nitrogens with two attached hydrogens (primary N) is 1. The van der Waals surface area contributed by atoms with Crippen LogP contribution in [0.5, 0.6) is 0 Å². The van der Waals surface area contributed by atoms with E-state index in [4.69, 9.17) is 5.73 Å². The van der Waals surface area contributed by atoms with Gasteiger partial charge in [0.2, 0.25) is 5.91 Å². The molecule has 1 aliphatic rings. The van der Waals surface area contributed by atoms with Crippen molar-refractivity contribution in [2.45, 2.75) is 51.0 Å². The Bertz CT molecular complexity index is 251. The van der Waals surface area contributed by atoms with Gasteiger partial charge in [-0.25, -0.2) is 0 Å². The van der Waals surface area contributed by atoms with E-state index < -0.39 is 10.8 Å². The maximum Gasteiger partial charge on any atom is 0.232 e. The van der Waals surface area contributed by atoms with Crippen molar-refractivity contribution in [3.05, 3.63) is 0 Å². The van der Waals surface area contributed by atoms with E-state index in [1.807, 2.05) is 0 Å². The first-order valence-corrected chi connectivity index (χ1v) is 8.05. The summed E-state index contributed by atoms with van der Waals surface area (Å²) in [4.78, 5) is 11.7. The fourth-order valence-corrected chi connectivity index (χ4v) is 3.16. The molecule has 5 heteroatoms. The van der Waals surface area contributed by atoms with Gasteiger partial charge >= 0.3 is 0 Å². The summed E-state index contributed by atoms with van der Waals surface area (Å²) in [6.07, 6.45) is 7.80. The van der Waals surface area contributed by atoms with Gasteiger partial charge in [-0.15, -0.1) is 0 Å². The van der Waals surface area contributed by atoms with Gasteiger partial charge in [-0.05, 0) is 25.8 Å². The minimum atomic E-state index is -1.05. The number of rotatable bonds is 6. The van der Waals surface area contributed by atoms with E-state index in [9.17, 15) is 9.00 Å². The predicted molar refractivity (Wildman–Crippen MR) is 71.2 cm³/mol. The van der Waals surface area contributed by atoms with Crippen LogP contribution in [0.1, 0.15) is 44.9 Å². The molecule has 1 saturated carbocycles. The lowest BCUT2D eigenvalue weighted by atomic mass is 10.1. The largest absolute Gasteiger partial charge is 0.353 e. The minimum Gasteiger partial charge on any atom is -0.353 e. The molecule has 0 spiro atoms. The van der Waals surface area contributed by atoms with Gasteiger partial charge in [0.1, 0.15) is 5.75 Å². The molecule has 1 amide bonds. The lowest BCUT2D eigenvalue weighted by Crippen LogP contribution is -2.37. The van der Waals surface area contributed by atoms with Crippen molar-refractivity contribution in [3.8, 4) is 0 Å². The molecule has 1 fully saturated rings. The van der Waals surface area contributed by atoms with E-state index in [1.54, 1.807) is 0 Å². The quantitative estimate of drug-likeness (QED) is 0.698. The van der Waals surface area contributed by atoms with E-state index >= 15 is 0 Å². The van der Waals surface area contributed by atoms with Crippen LogP contribution in [0.3, 0.4) is 0 Å². The average molecular weight is 260 g/mol. The number of hydrogen-bond donors (Lipinski definition) is 2. The van der Waals surface area contributed by atoms with Gasteiger partial charge in [0, 0.05) is 22.6 Å². The zero-order valence-electron chi connectivity index (χ0n) is 10.5. The highest BCUT2D eigenvalue weighted by molar-refractivity contribution is 7.85. The van der Waals surface area contributed by atoms with Gasteiger partial charge in [0.15, 0.2) is 0 Å². The maximum absolute atomic E-state index is 11.7. The molecule has 0 radical (unpaired) electrons. The number of nitrogens with one attached hydrogen (secondary N) is 1. The number of carbonyl (C=O) groups is 1. The Morgan fingerprint density at radius 1 is 1.24 bits per heavy atom. The second-order valence-electron chi connectivity index (χ2n) is 4.69. The van der Waals surface area contributed by atoms with Gasteiger partial charge < -0.3 is 11.1 Å². The van der Waals surface area contributed by atoms with Crippen molar-refractivity contribution in [2.24, 2.45) is 5.73 Å². The summed E-state index contributed by atoms with van der Waals surface area (Å²) in [7, 11) is -1.05. The van der Waals surface area contributed by atoms with Crippen molar-refractivity contribution < 1.29 is 9.00 Å². The van der Waals surface area contributed by atoms with Crippen LogP contribution in [-0.4, -0.2) is 34.2 Å². The molecule has 1 unspecified atom stereocenters. The van der Waals surface area contributed by atoms with Gasteiger partial charge in [-0.2, -0.15) is 0 Å². The molecule has 1 atom stereocenters. The normalized spacial score (nSPS) is 19.6. The monoisotopic (exact) mass is 260 g/mol. The zero-order chi connectivity index (χ0) is 12.5. The van der Waals surface area contributed by atoms with Crippen molar-refractivity contribution in [3.63, 3.8) is 0 Å². The topological polar surface area (TPSA) is 72.2 Å². The Morgan fingerprint density at radius 3 is 2.47 bits per heavy atom. The van der Waals surface area contributed by atoms with Crippen molar-refractivity contribution in [2.75, 3.05) is 18.1 Å². The van der Waals surface area contributed by atoms with E-state index in [-0.39, 0.29) is 11.7 Å². The van der Waals surface area contributed by atoms with Crippen molar-refractivity contribution >= 4 is 16.7 Å². The molecule has 4 nitrogen and oxygen atoms in total. The standard InChI is InChI=1S/C12H24N2O2S/c13-8-5-9-17(16)10-12(15)14-11-6-3-1-2-4-7-11/h11H,1-10,13H2,(H,14,15). The molecule has 0 saturated heterocycles. The molecule has 100 valence electrons. The molecule has 0 aromatic heterocycles. The van der Waals surface area contributed by atoms with Gasteiger partial charge in [0.25, 0.3) is 0 Å². The fraction of sp³-hybridized carbons (Fsp3) is 0.917. The molecule has 1 rings (SSSR count). The van der Waals surface area contributed by atoms with Crippen molar-refractivity contribution in [1.82, 2.24) is 5.32 Å². The highest BCUT2D eigenvalue weighted by atomic mass is 32.2. The molecule has 0 aromatic rings. The van der Waals surface area contributed by atoms with E-state index in [2.05, 4.69) is 5.32 Å². The van der Waals surface area contributed by atoms with Crippen LogP contribution >= 0.6 is 0 Å². The lowest BCUT2D eigenvalue weighted by molar-refractivity contribution is -0.119. The Morgan fingerprint density at radius 2 is 1.88 bits per heavy atom. The third-order valence-electron chi connectivity index (χ3n) is 3.09. The summed E-state index contributed by atoms with van der Waals surface area (Å²) in [5.74, 6) is 0.609. The maximum atomic E-state index is 11.7. The van der Waals surface area contributed by atoms with E-state index in [1.165, 1.54) is 25.7 Å². The van der Waals surface area contributed by atoms with Crippen LogP contribution in [0.15, 0.2) is 0 Å². The third kappa shape index (κ3) is 6.78. The third-order valence-corrected chi connectivity index (χ3v) is 4.42. The first-order valence-electron chi connectivity index (χ1n) is 6.57.